The molecule has 0 aliphatic carbocycles. The Morgan fingerprint density at radius 2 is 1.97 bits per heavy atom. The van der Waals surface area contributed by atoms with Gasteiger partial charge in [0.25, 0.3) is 17.5 Å². The lowest BCUT2D eigenvalue weighted by atomic mass is 10.0. The van der Waals surface area contributed by atoms with E-state index in [2.05, 4.69) is 11.9 Å². The van der Waals surface area contributed by atoms with Crippen molar-refractivity contribution in [2.24, 2.45) is 0 Å². The highest BCUT2D eigenvalue weighted by Gasteiger charge is 2.35. The van der Waals surface area contributed by atoms with Gasteiger partial charge >= 0.3 is 6.03 Å². The van der Waals surface area contributed by atoms with Gasteiger partial charge in [0, 0.05) is 23.7 Å². The number of hydrogen-bond donors (Lipinski definition) is 1. The van der Waals surface area contributed by atoms with E-state index in [1.165, 1.54) is 24.3 Å². The van der Waals surface area contributed by atoms with Crippen molar-refractivity contribution in [2.45, 2.75) is 13.8 Å². The van der Waals surface area contributed by atoms with Crippen LogP contribution < -0.4 is 5.32 Å². The largest absolute Gasteiger partial charge is 0.457 e. The van der Waals surface area contributed by atoms with Gasteiger partial charge in [0.15, 0.2) is 0 Å². The van der Waals surface area contributed by atoms with Crippen LogP contribution in [-0.4, -0.2) is 34.2 Å². The molecule has 0 unspecified atom stereocenters. The monoisotopic (exact) mass is 395 g/mol. The molecule has 0 radical (unpaired) electrons. The predicted molar refractivity (Wildman–Crippen MR) is 104 cm³/mol. The maximum Gasteiger partial charge on any atom is 0.331 e. The van der Waals surface area contributed by atoms with Gasteiger partial charge in [0.1, 0.15) is 17.1 Å². The van der Waals surface area contributed by atoms with E-state index in [1.807, 2.05) is 0 Å². The molecule has 4 amide bonds. The summed E-state index contributed by atoms with van der Waals surface area (Å²) in [5.74, 6) is -1.07. The molecular formula is C20H17N3O6. The van der Waals surface area contributed by atoms with Gasteiger partial charge in [-0.2, -0.15) is 0 Å². The highest BCUT2D eigenvalue weighted by atomic mass is 16.6. The number of nitro groups is 1. The van der Waals surface area contributed by atoms with Gasteiger partial charge in [-0.15, -0.1) is 6.58 Å². The fourth-order valence-corrected chi connectivity index (χ4v) is 2.89. The van der Waals surface area contributed by atoms with Gasteiger partial charge in [-0.1, -0.05) is 6.08 Å². The van der Waals surface area contributed by atoms with Crippen LogP contribution in [-0.2, 0) is 9.59 Å². The number of carbonyl (C=O) groups is 3. The van der Waals surface area contributed by atoms with E-state index >= 15 is 0 Å². The first-order valence-corrected chi connectivity index (χ1v) is 8.58. The molecule has 1 aliphatic heterocycles. The molecule has 1 aromatic heterocycles. The van der Waals surface area contributed by atoms with E-state index in [9.17, 15) is 24.5 Å². The minimum absolute atomic E-state index is 0.0308. The number of nitrogens with one attached hydrogen (secondary N) is 1. The number of imide groups is 2. The molecule has 9 nitrogen and oxygen atoms in total. The molecule has 2 aromatic rings. The third-order valence-corrected chi connectivity index (χ3v) is 4.53. The van der Waals surface area contributed by atoms with Gasteiger partial charge in [-0.05, 0) is 43.7 Å². The van der Waals surface area contributed by atoms with Crippen LogP contribution in [0.25, 0.3) is 17.4 Å². The normalized spacial score (nSPS) is 15.6. The summed E-state index contributed by atoms with van der Waals surface area (Å²) in [7, 11) is 0. The quantitative estimate of drug-likeness (QED) is 0.273. The summed E-state index contributed by atoms with van der Waals surface area (Å²) in [4.78, 5) is 47.9. The molecule has 3 rings (SSSR count). The van der Waals surface area contributed by atoms with Crippen LogP contribution in [0.1, 0.15) is 16.9 Å². The minimum Gasteiger partial charge on any atom is -0.457 e. The van der Waals surface area contributed by atoms with Crippen LogP contribution in [0.2, 0.25) is 0 Å². The Balaban J connectivity index is 1.97. The maximum absolute atomic E-state index is 12.4. The number of nitro benzene ring substituents is 1. The van der Waals surface area contributed by atoms with Crippen molar-refractivity contribution < 1.29 is 23.7 Å². The number of carbonyl (C=O) groups excluding carboxylic acids is 3. The molecule has 0 saturated carbocycles. The molecule has 0 spiro atoms. The topological polar surface area (TPSA) is 123 Å². The molecule has 1 aromatic carbocycles. The Morgan fingerprint density at radius 3 is 2.62 bits per heavy atom. The number of nitrogens with zero attached hydrogens (tertiary/aromatic N) is 2. The number of rotatable bonds is 5. The highest BCUT2D eigenvalue weighted by molar-refractivity contribution is 6.30. The van der Waals surface area contributed by atoms with E-state index in [0.29, 0.717) is 16.9 Å². The lowest BCUT2D eigenvalue weighted by Gasteiger charge is -2.24. The molecule has 1 N–H and O–H groups in total. The van der Waals surface area contributed by atoms with E-state index in [4.69, 9.17) is 4.42 Å². The molecule has 0 atom stereocenters. The van der Waals surface area contributed by atoms with Crippen molar-refractivity contribution >= 4 is 29.6 Å². The van der Waals surface area contributed by atoms with Crippen molar-refractivity contribution in [2.75, 3.05) is 6.54 Å². The zero-order valence-corrected chi connectivity index (χ0v) is 15.7. The molecule has 1 fully saturated rings. The molecule has 1 saturated heterocycles. The minimum atomic E-state index is -0.833. The Kier molecular flexibility index (Phi) is 5.14. The summed E-state index contributed by atoms with van der Waals surface area (Å²) in [6.07, 6.45) is 2.58. The Labute approximate surface area is 165 Å². The van der Waals surface area contributed by atoms with Crippen molar-refractivity contribution in [3.63, 3.8) is 0 Å². The van der Waals surface area contributed by atoms with Crippen LogP contribution in [0.4, 0.5) is 10.5 Å². The van der Waals surface area contributed by atoms with Crippen molar-refractivity contribution in [3.8, 4) is 11.3 Å². The second kappa shape index (κ2) is 7.55. The van der Waals surface area contributed by atoms with E-state index < -0.39 is 22.8 Å². The van der Waals surface area contributed by atoms with Crippen molar-refractivity contribution in [3.05, 3.63) is 69.5 Å². The lowest BCUT2D eigenvalue weighted by Crippen LogP contribution is -2.54. The third kappa shape index (κ3) is 3.70. The van der Waals surface area contributed by atoms with Crippen LogP contribution in [0.15, 0.2) is 46.9 Å². The highest BCUT2D eigenvalue weighted by Crippen LogP contribution is 2.31. The van der Waals surface area contributed by atoms with Crippen LogP contribution in [0.5, 0.6) is 0 Å². The van der Waals surface area contributed by atoms with Crippen molar-refractivity contribution in [1.29, 1.82) is 0 Å². The van der Waals surface area contributed by atoms with Crippen molar-refractivity contribution in [1.82, 2.24) is 10.2 Å². The zero-order chi connectivity index (χ0) is 21.3. The maximum atomic E-state index is 12.4. The van der Waals surface area contributed by atoms with Crippen LogP contribution in [0.3, 0.4) is 0 Å². The molecule has 2 heterocycles. The van der Waals surface area contributed by atoms with E-state index in [-0.39, 0.29) is 23.6 Å². The fraction of sp³-hybridized carbons (Fsp3) is 0.150. The average Bonchev–Trinajstić information content (AvgIpc) is 3.12. The van der Waals surface area contributed by atoms with Gasteiger partial charge in [-0.3, -0.25) is 29.9 Å². The molecule has 9 heteroatoms. The number of amides is 4. The lowest BCUT2D eigenvalue weighted by molar-refractivity contribution is -0.385. The third-order valence-electron chi connectivity index (χ3n) is 4.53. The fourth-order valence-electron chi connectivity index (χ4n) is 2.89. The van der Waals surface area contributed by atoms with Gasteiger partial charge in [0.2, 0.25) is 0 Å². The standard InChI is InChI=1S/C20H17N3O6/c1-4-7-22-19(25)15(18(24)21-20(22)26)10-14-5-6-17(29-14)13-8-11(2)12(3)16(9-13)23(27)28/h4-6,8-10H,1,7H2,2-3H3,(H,21,24,26)/b15-10-. The first kappa shape index (κ1) is 19.7. The number of urea groups is 1. The summed E-state index contributed by atoms with van der Waals surface area (Å²) in [5, 5.41) is 13.3. The van der Waals surface area contributed by atoms with Crippen LogP contribution in [0, 0.1) is 24.0 Å². The Hall–Kier alpha value is -4.01. The summed E-state index contributed by atoms with van der Waals surface area (Å²) >= 11 is 0. The molecule has 148 valence electrons. The van der Waals surface area contributed by atoms with E-state index in [1.54, 1.807) is 26.0 Å². The first-order chi connectivity index (χ1) is 13.7. The van der Waals surface area contributed by atoms with Gasteiger partial charge < -0.3 is 4.42 Å². The summed E-state index contributed by atoms with van der Waals surface area (Å²) in [6, 6.07) is 5.44. The predicted octanol–water partition coefficient (Wildman–Crippen LogP) is 3.12. The average molecular weight is 395 g/mol. The Bertz CT molecular complexity index is 1100. The smallest absolute Gasteiger partial charge is 0.331 e. The second-order valence-corrected chi connectivity index (χ2v) is 6.42. The number of barbiturate groups is 1. The van der Waals surface area contributed by atoms with Gasteiger partial charge in [-0.25, -0.2) is 4.79 Å². The summed E-state index contributed by atoms with van der Waals surface area (Å²) in [6.45, 7) is 6.85. The van der Waals surface area contributed by atoms with Crippen LogP contribution >= 0.6 is 0 Å². The zero-order valence-electron chi connectivity index (χ0n) is 15.7. The number of hydrogen-bond acceptors (Lipinski definition) is 6. The Morgan fingerprint density at radius 1 is 1.24 bits per heavy atom. The number of aryl methyl sites for hydroxylation is 1. The van der Waals surface area contributed by atoms with Gasteiger partial charge in [0.05, 0.1) is 4.92 Å². The summed E-state index contributed by atoms with van der Waals surface area (Å²) in [5.41, 5.74) is 1.48. The molecule has 1 aliphatic rings. The SMILES string of the molecule is C=CCN1C(=O)NC(=O)/C(=C/c2ccc(-c3cc(C)c(C)c([N+](=O)[O-])c3)o2)C1=O. The second-order valence-electron chi connectivity index (χ2n) is 6.42. The summed E-state index contributed by atoms with van der Waals surface area (Å²) < 4.78 is 5.67. The molecular weight excluding hydrogens is 378 g/mol. The van der Waals surface area contributed by atoms with E-state index in [0.717, 1.165) is 10.5 Å². The number of benzene rings is 1. The molecule has 0 bridgehead atoms. The molecule has 29 heavy (non-hydrogen) atoms. The number of furan rings is 1. The first-order valence-electron chi connectivity index (χ1n) is 8.58.